The molecular weight excluding hydrogens is 428 g/mol. The Morgan fingerprint density at radius 3 is 2.32 bits per heavy atom. The molecule has 2 aliphatic rings. The van der Waals surface area contributed by atoms with Gasteiger partial charge < -0.3 is 18.9 Å². The molecule has 3 rings (SSSR count). The van der Waals surface area contributed by atoms with Gasteiger partial charge in [-0.15, -0.1) is 0 Å². The zero-order valence-electron chi connectivity index (χ0n) is 21.7. The van der Waals surface area contributed by atoms with E-state index in [0.717, 1.165) is 63.2 Å². The second-order valence-corrected chi connectivity index (χ2v) is 10.3. The molecule has 1 aromatic carbocycles. The number of hydrogen-bond donors (Lipinski definition) is 0. The number of esters is 1. The lowest BCUT2D eigenvalue weighted by Gasteiger charge is -2.37. The van der Waals surface area contributed by atoms with Crippen molar-refractivity contribution in [3.05, 3.63) is 23.8 Å². The van der Waals surface area contributed by atoms with Crippen LogP contribution in [0.2, 0.25) is 0 Å². The zero-order valence-corrected chi connectivity index (χ0v) is 21.7. The molecule has 5 nitrogen and oxygen atoms in total. The molecule has 1 heterocycles. The van der Waals surface area contributed by atoms with Gasteiger partial charge >= 0.3 is 5.97 Å². The molecule has 1 saturated carbocycles. The minimum atomic E-state index is -0.115. The van der Waals surface area contributed by atoms with E-state index in [9.17, 15) is 4.79 Å². The third-order valence-corrected chi connectivity index (χ3v) is 7.32. The number of carbonyl (C=O) groups is 1. The average Bonchev–Trinajstić information content (AvgIpc) is 2.86. The second-order valence-electron chi connectivity index (χ2n) is 10.3. The fraction of sp³-hybridized carbons (Fsp3) is 0.759. The smallest absolute Gasteiger partial charge is 0.314 e. The van der Waals surface area contributed by atoms with Gasteiger partial charge in [0.1, 0.15) is 11.5 Å². The number of carbonyl (C=O) groups excluding carboxylic acids is 1. The Hall–Kier alpha value is -1.59. The van der Waals surface area contributed by atoms with Crippen molar-refractivity contribution < 1.29 is 23.7 Å². The minimum absolute atomic E-state index is 0.0458. The number of rotatable bonds is 13. The van der Waals surface area contributed by atoms with E-state index >= 15 is 0 Å². The minimum Gasteiger partial charge on any atom is -0.494 e. The van der Waals surface area contributed by atoms with Gasteiger partial charge in [-0.3, -0.25) is 4.79 Å². The molecule has 5 heteroatoms. The van der Waals surface area contributed by atoms with Crippen molar-refractivity contribution in [3.63, 3.8) is 0 Å². The van der Waals surface area contributed by atoms with E-state index in [1.54, 1.807) is 0 Å². The Bertz CT molecular complexity index is 717. The van der Waals surface area contributed by atoms with Crippen molar-refractivity contribution in [2.75, 3.05) is 19.8 Å². The van der Waals surface area contributed by atoms with E-state index < -0.39 is 0 Å². The maximum atomic E-state index is 12.8. The quantitative estimate of drug-likeness (QED) is 0.171. The molecular formula is C29H46O5. The number of unbranched alkanes of at least 4 members (excludes halogenated alkanes) is 5. The highest BCUT2D eigenvalue weighted by Crippen LogP contribution is 2.35. The third kappa shape index (κ3) is 8.57. The van der Waals surface area contributed by atoms with Gasteiger partial charge in [-0.25, -0.2) is 0 Å². The molecule has 0 bridgehead atoms. The maximum absolute atomic E-state index is 12.8. The van der Waals surface area contributed by atoms with E-state index in [1.807, 2.05) is 25.1 Å². The number of benzene rings is 1. The summed E-state index contributed by atoms with van der Waals surface area (Å²) in [5.41, 5.74) is 0.936. The van der Waals surface area contributed by atoms with Crippen LogP contribution in [0, 0.1) is 24.7 Å². The highest BCUT2D eigenvalue weighted by molar-refractivity contribution is 5.75. The Kier molecular flexibility index (Phi) is 11.7. The van der Waals surface area contributed by atoms with E-state index in [1.165, 1.54) is 44.9 Å². The molecule has 0 amide bonds. The number of aryl methyl sites for hydroxylation is 1. The molecule has 0 unspecified atom stereocenters. The van der Waals surface area contributed by atoms with Crippen LogP contribution >= 0.6 is 0 Å². The van der Waals surface area contributed by atoms with E-state index in [0.29, 0.717) is 17.6 Å². The predicted octanol–water partition coefficient (Wildman–Crippen LogP) is 7.24. The molecule has 0 atom stereocenters. The first-order valence-electron chi connectivity index (χ1n) is 13.8. The highest BCUT2D eigenvalue weighted by Gasteiger charge is 2.35. The summed E-state index contributed by atoms with van der Waals surface area (Å²) >= 11 is 0. The SMILES string of the molecule is CCCCCCOc1ccc(OC(=O)C2CCC(C3OCC(CCCCC)CO3)CC2)c(C)c1. The van der Waals surface area contributed by atoms with Crippen LogP contribution in [0.15, 0.2) is 18.2 Å². The van der Waals surface area contributed by atoms with Crippen LogP contribution in [-0.2, 0) is 14.3 Å². The van der Waals surface area contributed by atoms with Crippen molar-refractivity contribution in [2.24, 2.45) is 17.8 Å². The normalized spacial score (nSPS) is 25.1. The van der Waals surface area contributed by atoms with E-state index in [-0.39, 0.29) is 18.2 Å². The van der Waals surface area contributed by atoms with Crippen LogP contribution in [-0.4, -0.2) is 32.1 Å². The van der Waals surface area contributed by atoms with Crippen molar-refractivity contribution in [1.29, 1.82) is 0 Å². The Balaban J connectivity index is 1.37. The van der Waals surface area contributed by atoms with Gasteiger partial charge in [0.15, 0.2) is 6.29 Å². The van der Waals surface area contributed by atoms with Gasteiger partial charge in [-0.2, -0.15) is 0 Å². The third-order valence-electron chi connectivity index (χ3n) is 7.32. The van der Waals surface area contributed by atoms with Gasteiger partial charge in [0.05, 0.1) is 25.7 Å². The molecule has 34 heavy (non-hydrogen) atoms. The summed E-state index contributed by atoms with van der Waals surface area (Å²) in [5.74, 6) is 2.24. The van der Waals surface area contributed by atoms with E-state index in [2.05, 4.69) is 13.8 Å². The van der Waals surface area contributed by atoms with Crippen molar-refractivity contribution in [1.82, 2.24) is 0 Å². The summed E-state index contributed by atoms with van der Waals surface area (Å²) in [5, 5.41) is 0. The standard InChI is InChI=1S/C29H46O5/c1-4-6-8-10-18-31-26-16-17-27(22(3)19-26)34-28(30)24-12-14-25(15-13-24)29-32-20-23(21-33-29)11-9-7-5-2/h16-17,19,23-25,29H,4-15,18,20-21H2,1-3H3. The van der Waals surface area contributed by atoms with Crippen molar-refractivity contribution in [2.45, 2.75) is 104 Å². The van der Waals surface area contributed by atoms with Crippen LogP contribution in [0.5, 0.6) is 11.5 Å². The molecule has 1 saturated heterocycles. The Morgan fingerprint density at radius 1 is 0.941 bits per heavy atom. The summed E-state index contributed by atoms with van der Waals surface area (Å²) in [7, 11) is 0. The summed E-state index contributed by atoms with van der Waals surface area (Å²) < 4.78 is 23.8. The Morgan fingerprint density at radius 2 is 1.65 bits per heavy atom. The molecule has 1 aliphatic carbocycles. The topological polar surface area (TPSA) is 54.0 Å². The van der Waals surface area contributed by atoms with Gasteiger partial charge in [0, 0.05) is 11.8 Å². The van der Waals surface area contributed by atoms with Crippen LogP contribution in [0.1, 0.15) is 96.5 Å². The largest absolute Gasteiger partial charge is 0.494 e. The monoisotopic (exact) mass is 474 g/mol. The maximum Gasteiger partial charge on any atom is 0.314 e. The molecule has 0 radical (unpaired) electrons. The van der Waals surface area contributed by atoms with Crippen molar-refractivity contribution in [3.8, 4) is 11.5 Å². The molecule has 0 aromatic heterocycles. The predicted molar refractivity (Wildman–Crippen MR) is 135 cm³/mol. The molecule has 2 fully saturated rings. The zero-order chi connectivity index (χ0) is 24.2. The van der Waals surface area contributed by atoms with Crippen LogP contribution in [0.25, 0.3) is 0 Å². The molecule has 192 valence electrons. The van der Waals surface area contributed by atoms with E-state index in [4.69, 9.17) is 18.9 Å². The fourth-order valence-electron chi connectivity index (χ4n) is 5.04. The van der Waals surface area contributed by atoms with Gasteiger partial charge in [0.25, 0.3) is 0 Å². The molecule has 1 aliphatic heterocycles. The first kappa shape index (κ1) is 27.0. The summed E-state index contributed by atoms with van der Waals surface area (Å²) in [6, 6.07) is 5.73. The summed E-state index contributed by atoms with van der Waals surface area (Å²) in [4.78, 5) is 12.8. The molecule has 0 spiro atoms. The second kappa shape index (κ2) is 14.7. The lowest BCUT2D eigenvalue weighted by molar-refractivity contribution is -0.230. The molecule has 1 aromatic rings. The Labute approximate surface area is 206 Å². The summed E-state index contributed by atoms with van der Waals surface area (Å²) in [6.45, 7) is 8.77. The van der Waals surface area contributed by atoms with Gasteiger partial charge in [-0.1, -0.05) is 52.4 Å². The number of hydrogen-bond acceptors (Lipinski definition) is 5. The average molecular weight is 475 g/mol. The van der Waals surface area contributed by atoms with Gasteiger partial charge in [0.2, 0.25) is 0 Å². The lowest BCUT2D eigenvalue weighted by atomic mass is 9.81. The summed E-state index contributed by atoms with van der Waals surface area (Å²) in [6.07, 6.45) is 13.2. The first-order chi connectivity index (χ1) is 16.6. The fourth-order valence-corrected chi connectivity index (χ4v) is 5.04. The lowest BCUT2D eigenvalue weighted by Crippen LogP contribution is -2.39. The van der Waals surface area contributed by atoms with Crippen LogP contribution in [0.3, 0.4) is 0 Å². The number of ether oxygens (including phenoxy) is 4. The van der Waals surface area contributed by atoms with Crippen LogP contribution in [0.4, 0.5) is 0 Å². The van der Waals surface area contributed by atoms with Crippen LogP contribution < -0.4 is 9.47 Å². The van der Waals surface area contributed by atoms with Gasteiger partial charge in [-0.05, 0) is 69.2 Å². The first-order valence-corrected chi connectivity index (χ1v) is 13.8. The molecule has 0 N–H and O–H groups in total. The highest BCUT2D eigenvalue weighted by atomic mass is 16.7. The van der Waals surface area contributed by atoms with Crippen molar-refractivity contribution >= 4 is 5.97 Å².